The van der Waals surface area contributed by atoms with E-state index < -0.39 is 0 Å². The van der Waals surface area contributed by atoms with Crippen LogP contribution in [0.2, 0.25) is 0 Å². The molecule has 2 aromatic heterocycles. The van der Waals surface area contributed by atoms with E-state index in [1.807, 2.05) is 12.1 Å². The number of amides is 1. The number of imidazole rings is 1. The third-order valence-electron chi connectivity index (χ3n) is 4.59. The Hall–Kier alpha value is -3.00. The van der Waals surface area contributed by atoms with Crippen LogP contribution in [0.25, 0.3) is 16.9 Å². The lowest BCUT2D eigenvalue weighted by Gasteiger charge is -2.16. The van der Waals surface area contributed by atoms with E-state index in [9.17, 15) is 9.18 Å². The molecule has 1 aliphatic heterocycles. The number of nitrogens with two attached hydrogens (primary N) is 1. The van der Waals surface area contributed by atoms with Gasteiger partial charge in [0.1, 0.15) is 11.6 Å². The molecule has 0 radical (unpaired) electrons. The van der Waals surface area contributed by atoms with Crippen LogP contribution in [0.3, 0.4) is 0 Å². The standard InChI is InChI=1S/C18H19FN6O/c19-13-5-3-12(4-6-13)18-14(11-17(26)22-20)25-15(21-18)7-8-16(23-25)24-9-1-2-10-24/h3-8H,1-2,9-11,20H2,(H,22,26). The molecule has 3 N–H and O–H groups in total. The molecule has 1 saturated heterocycles. The molecule has 0 saturated carbocycles. The molecule has 1 aliphatic rings. The largest absolute Gasteiger partial charge is 0.355 e. The van der Waals surface area contributed by atoms with Crippen molar-refractivity contribution in [1.82, 2.24) is 20.0 Å². The number of halogens is 1. The van der Waals surface area contributed by atoms with Crippen molar-refractivity contribution >= 4 is 17.4 Å². The van der Waals surface area contributed by atoms with Crippen molar-refractivity contribution < 1.29 is 9.18 Å². The number of aromatic nitrogens is 3. The van der Waals surface area contributed by atoms with Gasteiger partial charge in [-0.05, 0) is 49.2 Å². The van der Waals surface area contributed by atoms with Crippen molar-refractivity contribution in [2.45, 2.75) is 19.3 Å². The Bertz CT molecular complexity index is 946. The molecule has 4 rings (SSSR count). The summed E-state index contributed by atoms with van der Waals surface area (Å²) in [6, 6.07) is 9.85. The minimum Gasteiger partial charge on any atom is -0.355 e. The van der Waals surface area contributed by atoms with E-state index in [1.54, 1.807) is 16.6 Å². The highest BCUT2D eigenvalue weighted by atomic mass is 19.1. The molecular formula is C18H19FN6O. The lowest BCUT2D eigenvalue weighted by Crippen LogP contribution is -2.32. The Kier molecular flexibility index (Phi) is 4.26. The number of carbonyl (C=O) groups excluding carboxylic acids is 1. The Labute approximate surface area is 149 Å². The molecule has 3 heterocycles. The van der Waals surface area contributed by atoms with E-state index in [0.29, 0.717) is 17.0 Å². The van der Waals surface area contributed by atoms with Gasteiger partial charge in [0, 0.05) is 18.7 Å². The minimum atomic E-state index is -0.344. The second-order valence-electron chi connectivity index (χ2n) is 6.31. The van der Waals surface area contributed by atoms with E-state index in [-0.39, 0.29) is 18.1 Å². The highest BCUT2D eigenvalue weighted by Gasteiger charge is 2.20. The Morgan fingerprint density at radius 2 is 1.88 bits per heavy atom. The predicted octanol–water partition coefficient (Wildman–Crippen LogP) is 1.67. The molecule has 1 amide bonds. The second kappa shape index (κ2) is 6.72. The zero-order valence-corrected chi connectivity index (χ0v) is 14.2. The van der Waals surface area contributed by atoms with Crippen molar-refractivity contribution in [3.05, 3.63) is 47.9 Å². The molecule has 1 aromatic carbocycles. The van der Waals surface area contributed by atoms with Crippen molar-refractivity contribution in [3.8, 4) is 11.3 Å². The fourth-order valence-electron chi connectivity index (χ4n) is 3.28. The molecule has 0 bridgehead atoms. The molecule has 8 heteroatoms. The highest BCUT2D eigenvalue weighted by Crippen LogP contribution is 2.26. The lowest BCUT2D eigenvalue weighted by molar-refractivity contribution is -0.120. The molecule has 0 unspecified atom stereocenters. The zero-order chi connectivity index (χ0) is 18.1. The van der Waals surface area contributed by atoms with Gasteiger partial charge in [0.05, 0.1) is 17.8 Å². The van der Waals surface area contributed by atoms with Crippen LogP contribution in [0, 0.1) is 5.82 Å². The first-order chi connectivity index (χ1) is 12.7. The fraction of sp³-hybridized carbons (Fsp3) is 0.278. The summed E-state index contributed by atoms with van der Waals surface area (Å²) in [4.78, 5) is 18.7. The third kappa shape index (κ3) is 2.99. The van der Waals surface area contributed by atoms with Crippen molar-refractivity contribution in [2.24, 2.45) is 5.84 Å². The average molecular weight is 354 g/mol. The maximum Gasteiger partial charge on any atom is 0.239 e. The summed E-state index contributed by atoms with van der Waals surface area (Å²) in [5.41, 5.74) is 4.72. The summed E-state index contributed by atoms with van der Waals surface area (Å²) in [7, 11) is 0. The Balaban J connectivity index is 1.85. The van der Waals surface area contributed by atoms with Gasteiger partial charge in [-0.2, -0.15) is 0 Å². The summed E-state index contributed by atoms with van der Waals surface area (Å²) in [6.45, 7) is 1.94. The minimum absolute atomic E-state index is 0.0286. The van der Waals surface area contributed by atoms with Gasteiger partial charge in [0.25, 0.3) is 0 Å². The van der Waals surface area contributed by atoms with Crippen LogP contribution in [-0.2, 0) is 11.2 Å². The van der Waals surface area contributed by atoms with Crippen LogP contribution in [-0.4, -0.2) is 33.6 Å². The number of carbonyl (C=O) groups is 1. The average Bonchev–Trinajstić information content (AvgIpc) is 3.30. The maximum absolute atomic E-state index is 13.3. The van der Waals surface area contributed by atoms with E-state index in [1.165, 1.54) is 12.1 Å². The van der Waals surface area contributed by atoms with Gasteiger partial charge < -0.3 is 4.90 Å². The molecule has 1 fully saturated rings. The van der Waals surface area contributed by atoms with Gasteiger partial charge in [0.2, 0.25) is 5.91 Å². The molecule has 134 valence electrons. The molecule has 0 spiro atoms. The normalized spacial score (nSPS) is 14.2. The van der Waals surface area contributed by atoms with Crippen LogP contribution in [0.1, 0.15) is 18.5 Å². The van der Waals surface area contributed by atoms with Crippen LogP contribution >= 0.6 is 0 Å². The van der Waals surface area contributed by atoms with Gasteiger partial charge >= 0.3 is 0 Å². The van der Waals surface area contributed by atoms with Crippen molar-refractivity contribution in [3.63, 3.8) is 0 Å². The first kappa shape index (κ1) is 16.5. The first-order valence-corrected chi connectivity index (χ1v) is 8.55. The summed E-state index contributed by atoms with van der Waals surface area (Å²) < 4.78 is 15.0. The topological polar surface area (TPSA) is 88.5 Å². The summed E-state index contributed by atoms with van der Waals surface area (Å²) >= 11 is 0. The van der Waals surface area contributed by atoms with Gasteiger partial charge in [-0.1, -0.05) is 0 Å². The highest BCUT2D eigenvalue weighted by molar-refractivity contribution is 5.81. The van der Waals surface area contributed by atoms with E-state index >= 15 is 0 Å². The number of anilines is 1. The quantitative estimate of drug-likeness (QED) is 0.423. The molecule has 0 atom stereocenters. The van der Waals surface area contributed by atoms with E-state index in [4.69, 9.17) is 10.9 Å². The number of rotatable bonds is 4. The number of fused-ring (bicyclic) bond motifs is 1. The van der Waals surface area contributed by atoms with Crippen LogP contribution in [0.5, 0.6) is 0 Å². The monoisotopic (exact) mass is 354 g/mol. The number of benzene rings is 1. The van der Waals surface area contributed by atoms with E-state index in [2.05, 4.69) is 15.3 Å². The fourth-order valence-corrected chi connectivity index (χ4v) is 3.28. The van der Waals surface area contributed by atoms with Crippen LogP contribution < -0.4 is 16.2 Å². The number of hydrazine groups is 1. The molecule has 26 heavy (non-hydrogen) atoms. The number of hydrogen-bond donors (Lipinski definition) is 2. The number of hydrogen-bond acceptors (Lipinski definition) is 5. The first-order valence-electron chi connectivity index (χ1n) is 8.55. The predicted molar refractivity (Wildman–Crippen MR) is 95.9 cm³/mol. The van der Waals surface area contributed by atoms with Crippen molar-refractivity contribution in [1.29, 1.82) is 0 Å². The Morgan fingerprint density at radius 3 is 2.58 bits per heavy atom. The summed E-state index contributed by atoms with van der Waals surface area (Å²) in [6.07, 6.45) is 2.32. The van der Waals surface area contributed by atoms with Gasteiger partial charge in [-0.3, -0.25) is 10.2 Å². The van der Waals surface area contributed by atoms with Gasteiger partial charge in [-0.25, -0.2) is 19.7 Å². The van der Waals surface area contributed by atoms with Crippen molar-refractivity contribution in [2.75, 3.05) is 18.0 Å². The molecular weight excluding hydrogens is 335 g/mol. The van der Waals surface area contributed by atoms with Gasteiger partial charge in [-0.15, -0.1) is 5.10 Å². The van der Waals surface area contributed by atoms with Crippen LogP contribution in [0.15, 0.2) is 36.4 Å². The molecule has 3 aromatic rings. The molecule has 7 nitrogen and oxygen atoms in total. The maximum atomic E-state index is 13.3. The SMILES string of the molecule is NNC(=O)Cc1c(-c2ccc(F)cc2)nc2ccc(N3CCCC3)nn12. The van der Waals surface area contributed by atoms with Crippen LogP contribution in [0.4, 0.5) is 10.2 Å². The number of nitrogens with one attached hydrogen (secondary N) is 1. The second-order valence-corrected chi connectivity index (χ2v) is 6.31. The smallest absolute Gasteiger partial charge is 0.239 e. The third-order valence-corrected chi connectivity index (χ3v) is 4.59. The summed E-state index contributed by atoms with van der Waals surface area (Å²) in [5.74, 6) is 5.45. The Morgan fingerprint density at radius 1 is 1.15 bits per heavy atom. The zero-order valence-electron chi connectivity index (χ0n) is 14.2. The summed E-state index contributed by atoms with van der Waals surface area (Å²) in [5, 5.41) is 4.69. The number of nitrogens with zero attached hydrogens (tertiary/aromatic N) is 4. The lowest BCUT2D eigenvalue weighted by atomic mass is 10.1. The van der Waals surface area contributed by atoms with Gasteiger partial charge in [0.15, 0.2) is 5.65 Å². The van der Waals surface area contributed by atoms with E-state index in [0.717, 1.165) is 37.3 Å². The molecule has 0 aliphatic carbocycles.